The highest BCUT2D eigenvalue weighted by molar-refractivity contribution is 14.1. The van der Waals surface area contributed by atoms with E-state index in [-0.39, 0.29) is 12.3 Å². The lowest BCUT2D eigenvalue weighted by Gasteiger charge is -2.20. The number of benzene rings is 1. The molecule has 6 nitrogen and oxygen atoms in total. The zero-order chi connectivity index (χ0) is 18.7. The third-order valence-corrected chi connectivity index (χ3v) is 5.05. The van der Waals surface area contributed by atoms with E-state index in [9.17, 15) is 4.79 Å². The van der Waals surface area contributed by atoms with Gasteiger partial charge in [0.25, 0.3) is 0 Å². The topological polar surface area (TPSA) is 64.8 Å². The van der Waals surface area contributed by atoms with Crippen molar-refractivity contribution in [3.8, 4) is 5.69 Å². The summed E-state index contributed by atoms with van der Waals surface area (Å²) in [4.78, 5) is 12.0. The van der Waals surface area contributed by atoms with Gasteiger partial charge >= 0.3 is 0 Å². The maximum atomic E-state index is 12.0. The van der Waals surface area contributed by atoms with Gasteiger partial charge in [-0.15, -0.1) is 0 Å². The Bertz CT molecular complexity index is 821. The number of hydrogen-bond donors (Lipinski definition) is 1. The summed E-state index contributed by atoms with van der Waals surface area (Å²) in [6.45, 7) is 6.87. The molecule has 2 aromatic rings. The van der Waals surface area contributed by atoms with E-state index in [1.807, 2.05) is 13.0 Å². The minimum absolute atomic E-state index is 0.117. The second-order valence-corrected chi connectivity index (χ2v) is 7.68. The molecule has 1 aromatic carbocycles. The molecule has 0 aliphatic carbocycles. The van der Waals surface area contributed by atoms with Gasteiger partial charge in [0.05, 0.1) is 25.8 Å². The van der Waals surface area contributed by atoms with Crippen molar-refractivity contribution < 1.29 is 14.3 Å². The molecule has 26 heavy (non-hydrogen) atoms. The molecule has 0 unspecified atom stereocenters. The van der Waals surface area contributed by atoms with E-state index in [0.717, 1.165) is 22.6 Å². The molecule has 1 amide bonds. The third kappa shape index (κ3) is 4.33. The molecule has 1 N–H and O–H groups in total. The number of nitrogens with zero attached hydrogens (tertiary/aromatic N) is 2. The Kier molecular flexibility index (Phi) is 5.79. The van der Waals surface area contributed by atoms with Gasteiger partial charge in [-0.3, -0.25) is 4.79 Å². The molecule has 0 bridgehead atoms. The van der Waals surface area contributed by atoms with Crippen molar-refractivity contribution in [1.29, 1.82) is 0 Å². The molecule has 1 aliphatic heterocycles. The second kappa shape index (κ2) is 7.89. The van der Waals surface area contributed by atoms with Gasteiger partial charge in [0.1, 0.15) is 0 Å². The second-order valence-electron chi connectivity index (χ2n) is 6.44. The predicted octanol–water partition coefficient (Wildman–Crippen LogP) is 3.30. The zero-order valence-corrected chi connectivity index (χ0v) is 17.2. The number of nitrogens with one attached hydrogen (secondary N) is 1. The average Bonchev–Trinajstić information content (AvgIpc) is 3.12. The number of ether oxygens (including phenoxy) is 2. The van der Waals surface area contributed by atoms with Gasteiger partial charge in [0, 0.05) is 26.2 Å². The third-order valence-electron chi connectivity index (χ3n) is 4.33. The van der Waals surface area contributed by atoms with Crippen LogP contribution in [0.15, 0.2) is 35.4 Å². The minimum Gasteiger partial charge on any atom is -0.347 e. The van der Waals surface area contributed by atoms with E-state index in [4.69, 9.17) is 9.47 Å². The van der Waals surface area contributed by atoms with Crippen LogP contribution in [-0.4, -0.2) is 35.7 Å². The number of halogens is 1. The van der Waals surface area contributed by atoms with Crippen LogP contribution in [0.25, 0.3) is 5.69 Å². The summed E-state index contributed by atoms with van der Waals surface area (Å²) in [5.41, 5.74) is 6.78. The fourth-order valence-corrected chi connectivity index (χ4v) is 3.43. The van der Waals surface area contributed by atoms with Crippen LogP contribution < -0.4 is 5.43 Å². The minimum atomic E-state index is -0.847. The highest BCUT2D eigenvalue weighted by atomic mass is 127. The molecule has 1 aromatic heterocycles. The van der Waals surface area contributed by atoms with Crippen molar-refractivity contribution in [2.75, 3.05) is 13.2 Å². The van der Waals surface area contributed by atoms with Crippen LogP contribution in [0.2, 0.25) is 0 Å². The van der Waals surface area contributed by atoms with E-state index in [0.29, 0.717) is 13.2 Å². The largest absolute Gasteiger partial charge is 0.347 e. The fourth-order valence-electron chi connectivity index (χ4n) is 3.07. The Morgan fingerprint density at radius 1 is 1.31 bits per heavy atom. The summed E-state index contributed by atoms with van der Waals surface area (Å²) in [6, 6.07) is 10.4. The normalized spacial score (nSPS) is 16.3. The van der Waals surface area contributed by atoms with E-state index in [1.54, 1.807) is 13.1 Å². The van der Waals surface area contributed by atoms with E-state index < -0.39 is 5.79 Å². The van der Waals surface area contributed by atoms with Gasteiger partial charge in [-0.05, 0) is 73.7 Å². The van der Waals surface area contributed by atoms with Crippen molar-refractivity contribution in [2.24, 2.45) is 5.10 Å². The summed E-state index contributed by atoms with van der Waals surface area (Å²) in [5, 5.41) is 4.09. The molecule has 0 atom stereocenters. The van der Waals surface area contributed by atoms with Crippen molar-refractivity contribution in [3.05, 3.63) is 50.9 Å². The molecule has 1 fully saturated rings. The summed E-state index contributed by atoms with van der Waals surface area (Å²) < 4.78 is 14.2. The Hall–Kier alpha value is -1.71. The van der Waals surface area contributed by atoms with Gasteiger partial charge in [-0.25, -0.2) is 5.43 Å². The molecule has 1 aliphatic rings. The molecule has 2 heterocycles. The Morgan fingerprint density at radius 2 is 1.96 bits per heavy atom. The lowest BCUT2D eigenvalue weighted by atomic mass is 10.2. The van der Waals surface area contributed by atoms with Gasteiger partial charge in [0.15, 0.2) is 5.79 Å². The SMILES string of the molecule is Cc1cc(/C=N\NC(=O)CC2(C)OCCO2)c(C)n1-c1ccc(I)cc1. The number of carbonyl (C=O) groups excluding carboxylic acids is 1. The molecule has 138 valence electrons. The van der Waals surface area contributed by atoms with Crippen LogP contribution in [0, 0.1) is 17.4 Å². The molecule has 0 radical (unpaired) electrons. The maximum absolute atomic E-state index is 12.0. The van der Waals surface area contributed by atoms with E-state index >= 15 is 0 Å². The summed E-state index contributed by atoms with van der Waals surface area (Å²) in [5.74, 6) is -1.09. The number of carbonyl (C=O) groups is 1. The molecule has 7 heteroatoms. The van der Waals surface area contributed by atoms with Crippen LogP contribution >= 0.6 is 22.6 Å². The summed E-state index contributed by atoms with van der Waals surface area (Å²) >= 11 is 2.29. The van der Waals surface area contributed by atoms with E-state index in [2.05, 4.69) is 68.9 Å². The summed E-state index contributed by atoms with van der Waals surface area (Å²) in [7, 11) is 0. The van der Waals surface area contributed by atoms with Crippen LogP contribution in [0.5, 0.6) is 0 Å². The van der Waals surface area contributed by atoms with Crippen LogP contribution in [-0.2, 0) is 14.3 Å². The smallest absolute Gasteiger partial charge is 0.245 e. The van der Waals surface area contributed by atoms with Crippen molar-refractivity contribution in [2.45, 2.75) is 33.0 Å². The lowest BCUT2D eigenvalue weighted by molar-refractivity contribution is -0.159. The van der Waals surface area contributed by atoms with E-state index in [1.165, 1.54) is 3.57 Å². The maximum Gasteiger partial charge on any atom is 0.245 e. The zero-order valence-electron chi connectivity index (χ0n) is 15.1. The molecular weight excluding hydrogens is 445 g/mol. The average molecular weight is 467 g/mol. The fraction of sp³-hybridized carbons (Fsp3) is 0.368. The molecule has 1 saturated heterocycles. The van der Waals surface area contributed by atoms with Crippen LogP contribution in [0.4, 0.5) is 0 Å². The Morgan fingerprint density at radius 3 is 2.62 bits per heavy atom. The summed E-state index contributed by atoms with van der Waals surface area (Å²) in [6.07, 6.45) is 1.79. The van der Waals surface area contributed by atoms with Crippen molar-refractivity contribution in [1.82, 2.24) is 9.99 Å². The van der Waals surface area contributed by atoms with Crippen molar-refractivity contribution in [3.63, 3.8) is 0 Å². The standard InChI is InChI=1S/C19H22IN3O3/c1-13-10-15(14(2)23(13)17-6-4-16(20)5-7-17)12-21-22-18(24)11-19(3)25-8-9-26-19/h4-7,10,12H,8-9,11H2,1-3H3,(H,22,24)/b21-12-. The quantitative estimate of drug-likeness (QED) is 0.417. The lowest BCUT2D eigenvalue weighted by Crippen LogP contribution is -2.33. The van der Waals surface area contributed by atoms with Crippen molar-refractivity contribution >= 4 is 34.7 Å². The molecular formula is C19H22IN3O3. The first kappa shape index (κ1) is 19.1. The Labute approximate surface area is 166 Å². The van der Waals surface area contributed by atoms with Gasteiger partial charge in [-0.2, -0.15) is 5.10 Å². The number of hydrazone groups is 1. The number of amides is 1. The van der Waals surface area contributed by atoms with Gasteiger partial charge in [0.2, 0.25) is 5.91 Å². The van der Waals surface area contributed by atoms with Crippen LogP contribution in [0.1, 0.15) is 30.3 Å². The first-order valence-corrected chi connectivity index (χ1v) is 9.50. The highest BCUT2D eigenvalue weighted by Gasteiger charge is 2.33. The number of hydrogen-bond acceptors (Lipinski definition) is 4. The first-order chi connectivity index (χ1) is 12.4. The van der Waals surface area contributed by atoms with Crippen LogP contribution in [0.3, 0.4) is 0 Å². The molecule has 0 spiro atoms. The number of rotatable bonds is 5. The molecule has 0 saturated carbocycles. The Balaban J connectivity index is 1.68. The first-order valence-electron chi connectivity index (χ1n) is 8.43. The number of aryl methyl sites for hydroxylation is 1. The monoisotopic (exact) mass is 467 g/mol. The van der Waals surface area contributed by atoms with Gasteiger partial charge in [-0.1, -0.05) is 0 Å². The number of aromatic nitrogens is 1. The predicted molar refractivity (Wildman–Crippen MR) is 109 cm³/mol. The van der Waals surface area contributed by atoms with Gasteiger partial charge < -0.3 is 14.0 Å². The molecule has 3 rings (SSSR count). The highest BCUT2D eigenvalue weighted by Crippen LogP contribution is 2.22.